The molecule has 0 spiro atoms. The van der Waals surface area contributed by atoms with Crippen molar-refractivity contribution >= 4 is 17.8 Å². The summed E-state index contributed by atoms with van der Waals surface area (Å²) in [4.78, 5) is 25.1. The Morgan fingerprint density at radius 3 is 2.41 bits per heavy atom. The average Bonchev–Trinajstić information content (AvgIpc) is 3.14. The molecule has 3 aromatic rings. The van der Waals surface area contributed by atoms with Crippen molar-refractivity contribution < 1.29 is 28.5 Å². The van der Waals surface area contributed by atoms with Crippen LogP contribution >= 0.6 is 0 Å². The van der Waals surface area contributed by atoms with Crippen LogP contribution < -0.4 is 18.9 Å². The summed E-state index contributed by atoms with van der Waals surface area (Å²) in [5, 5.41) is 0. The standard InChI is InChI=1S/C26H20O6/c1-29-21-11-5-3-8-17(21)9-7-13-23-25(27)19-15-14-18(16-24(19)32-23)31-26(28)20-10-4-6-12-22(20)30-2/h3-16H,1-2H3. The molecule has 0 aliphatic carbocycles. The summed E-state index contributed by atoms with van der Waals surface area (Å²) in [6.45, 7) is 0. The van der Waals surface area contributed by atoms with E-state index in [-0.39, 0.29) is 17.3 Å². The van der Waals surface area contributed by atoms with Gasteiger partial charge in [-0.3, -0.25) is 4.79 Å². The zero-order valence-electron chi connectivity index (χ0n) is 17.5. The summed E-state index contributed by atoms with van der Waals surface area (Å²) < 4.78 is 21.7. The first kappa shape index (κ1) is 20.9. The zero-order valence-corrected chi connectivity index (χ0v) is 17.5. The van der Waals surface area contributed by atoms with E-state index in [0.29, 0.717) is 22.6 Å². The zero-order chi connectivity index (χ0) is 22.5. The first-order valence-corrected chi connectivity index (χ1v) is 9.84. The van der Waals surface area contributed by atoms with Gasteiger partial charge in [-0.05, 0) is 36.4 Å². The van der Waals surface area contributed by atoms with E-state index in [9.17, 15) is 9.59 Å². The van der Waals surface area contributed by atoms with Gasteiger partial charge in [0.05, 0.1) is 19.8 Å². The lowest BCUT2D eigenvalue weighted by molar-refractivity contribution is 0.0731. The van der Waals surface area contributed by atoms with Gasteiger partial charge in [0.2, 0.25) is 5.78 Å². The highest BCUT2D eigenvalue weighted by molar-refractivity contribution is 6.12. The molecule has 32 heavy (non-hydrogen) atoms. The minimum atomic E-state index is -0.567. The van der Waals surface area contributed by atoms with Crippen molar-refractivity contribution in [2.45, 2.75) is 0 Å². The van der Waals surface area contributed by atoms with Crippen LogP contribution in [-0.2, 0) is 0 Å². The third-order valence-electron chi connectivity index (χ3n) is 4.84. The fourth-order valence-electron chi connectivity index (χ4n) is 3.26. The van der Waals surface area contributed by atoms with Gasteiger partial charge >= 0.3 is 5.97 Å². The molecule has 1 heterocycles. The van der Waals surface area contributed by atoms with Gasteiger partial charge in [-0.1, -0.05) is 42.5 Å². The molecule has 1 aliphatic rings. The molecule has 0 unspecified atom stereocenters. The Morgan fingerprint density at radius 2 is 1.62 bits per heavy atom. The molecule has 0 atom stereocenters. The molecule has 0 fully saturated rings. The molecule has 0 radical (unpaired) electrons. The molecule has 0 saturated carbocycles. The lowest BCUT2D eigenvalue weighted by Crippen LogP contribution is -2.10. The van der Waals surface area contributed by atoms with E-state index in [1.807, 2.05) is 30.3 Å². The van der Waals surface area contributed by atoms with Crippen molar-refractivity contribution in [2.24, 2.45) is 0 Å². The summed E-state index contributed by atoms with van der Waals surface area (Å²) in [5.41, 5.74) is 1.58. The monoisotopic (exact) mass is 428 g/mol. The molecule has 0 bridgehead atoms. The number of methoxy groups -OCH3 is 2. The minimum absolute atomic E-state index is 0.180. The van der Waals surface area contributed by atoms with Crippen molar-refractivity contribution in [3.05, 3.63) is 101 Å². The van der Waals surface area contributed by atoms with Crippen LogP contribution in [-0.4, -0.2) is 26.0 Å². The molecule has 4 rings (SSSR count). The molecule has 6 nitrogen and oxygen atoms in total. The maximum Gasteiger partial charge on any atom is 0.347 e. The summed E-state index contributed by atoms with van der Waals surface area (Å²) in [5.74, 6) is 1.10. The number of hydrogen-bond donors (Lipinski definition) is 0. The quantitative estimate of drug-likeness (QED) is 0.309. The number of ketones is 1. The van der Waals surface area contributed by atoms with Gasteiger partial charge in [0.1, 0.15) is 28.6 Å². The maximum absolute atomic E-state index is 12.6. The number of carbonyl (C=O) groups excluding carboxylic acids is 2. The van der Waals surface area contributed by atoms with Crippen LogP contribution in [0.4, 0.5) is 0 Å². The molecule has 0 aromatic heterocycles. The number of ether oxygens (including phenoxy) is 4. The minimum Gasteiger partial charge on any atom is -0.496 e. The number of rotatable bonds is 6. The highest BCUT2D eigenvalue weighted by Crippen LogP contribution is 2.34. The Balaban J connectivity index is 1.50. The summed E-state index contributed by atoms with van der Waals surface area (Å²) in [6, 6.07) is 19.0. The van der Waals surface area contributed by atoms with Gasteiger partial charge in [-0.2, -0.15) is 0 Å². The van der Waals surface area contributed by atoms with Gasteiger partial charge in [0.15, 0.2) is 5.76 Å². The van der Waals surface area contributed by atoms with E-state index >= 15 is 0 Å². The van der Waals surface area contributed by atoms with Crippen molar-refractivity contribution in [3.63, 3.8) is 0 Å². The van der Waals surface area contributed by atoms with Gasteiger partial charge in [0.25, 0.3) is 0 Å². The number of benzene rings is 3. The van der Waals surface area contributed by atoms with E-state index in [1.165, 1.54) is 13.2 Å². The first-order chi connectivity index (χ1) is 15.6. The lowest BCUT2D eigenvalue weighted by Gasteiger charge is -2.08. The van der Waals surface area contributed by atoms with Crippen LogP contribution in [0, 0.1) is 0 Å². The fourth-order valence-corrected chi connectivity index (χ4v) is 3.26. The summed E-state index contributed by atoms with van der Waals surface area (Å²) >= 11 is 0. The van der Waals surface area contributed by atoms with Crippen LogP contribution in [0.2, 0.25) is 0 Å². The van der Waals surface area contributed by atoms with Gasteiger partial charge in [-0.15, -0.1) is 0 Å². The number of allylic oxidation sites excluding steroid dienone is 3. The predicted octanol–water partition coefficient (Wildman–Crippen LogP) is 5.10. The number of para-hydroxylation sites is 2. The summed E-state index contributed by atoms with van der Waals surface area (Å²) in [7, 11) is 3.08. The molecule has 0 N–H and O–H groups in total. The van der Waals surface area contributed by atoms with Crippen molar-refractivity contribution in [1.29, 1.82) is 0 Å². The Hall–Kier alpha value is -4.32. The topological polar surface area (TPSA) is 71.1 Å². The third kappa shape index (κ3) is 4.25. The van der Waals surface area contributed by atoms with Gasteiger partial charge < -0.3 is 18.9 Å². The number of Topliss-reactive ketones (excluding diaryl/α,β-unsaturated/α-hetero) is 1. The van der Waals surface area contributed by atoms with E-state index in [2.05, 4.69) is 0 Å². The summed E-state index contributed by atoms with van der Waals surface area (Å²) in [6.07, 6.45) is 5.14. The van der Waals surface area contributed by atoms with Crippen molar-refractivity contribution in [1.82, 2.24) is 0 Å². The predicted molar refractivity (Wildman–Crippen MR) is 119 cm³/mol. The van der Waals surface area contributed by atoms with Gasteiger partial charge in [0, 0.05) is 11.6 Å². The average molecular weight is 428 g/mol. The van der Waals surface area contributed by atoms with Crippen LogP contribution in [0.25, 0.3) is 6.08 Å². The molecule has 0 saturated heterocycles. The van der Waals surface area contributed by atoms with Crippen LogP contribution in [0.5, 0.6) is 23.0 Å². The van der Waals surface area contributed by atoms with Crippen molar-refractivity contribution in [2.75, 3.05) is 14.2 Å². The van der Waals surface area contributed by atoms with Crippen LogP contribution in [0.15, 0.2) is 84.6 Å². The van der Waals surface area contributed by atoms with Crippen LogP contribution in [0.1, 0.15) is 26.3 Å². The Bertz CT molecular complexity index is 1240. The number of esters is 1. The first-order valence-electron chi connectivity index (χ1n) is 9.84. The smallest absolute Gasteiger partial charge is 0.347 e. The number of fused-ring (bicyclic) bond motifs is 1. The van der Waals surface area contributed by atoms with E-state index in [4.69, 9.17) is 18.9 Å². The highest BCUT2D eigenvalue weighted by atomic mass is 16.5. The van der Waals surface area contributed by atoms with E-state index in [0.717, 1.165) is 11.3 Å². The SMILES string of the molecule is COc1ccccc1C=CC=C1Oc2cc(OC(=O)c3ccccc3OC)ccc2C1=O. The molecule has 6 heteroatoms. The second-order valence-corrected chi connectivity index (χ2v) is 6.81. The molecule has 160 valence electrons. The molecular formula is C26H20O6. The van der Waals surface area contributed by atoms with E-state index < -0.39 is 5.97 Å². The van der Waals surface area contributed by atoms with E-state index in [1.54, 1.807) is 55.7 Å². The lowest BCUT2D eigenvalue weighted by atomic mass is 10.1. The molecule has 3 aromatic carbocycles. The molecule has 1 aliphatic heterocycles. The normalized spacial score (nSPS) is 13.7. The van der Waals surface area contributed by atoms with Gasteiger partial charge in [-0.25, -0.2) is 4.79 Å². The Morgan fingerprint density at radius 1 is 0.906 bits per heavy atom. The number of carbonyl (C=O) groups is 2. The third-order valence-corrected chi connectivity index (χ3v) is 4.84. The van der Waals surface area contributed by atoms with Crippen LogP contribution in [0.3, 0.4) is 0 Å². The second kappa shape index (κ2) is 9.22. The largest absolute Gasteiger partial charge is 0.496 e. The second-order valence-electron chi connectivity index (χ2n) is 6.81. The highest BCUT2D eigenvalue weighted by Gasteiger charge is 2.27. The Labute approximate surface area is 185 Å². The van der Waals surface area contributed by atoms with Crippen molar-refractivity contribution in [3.8, 4) is 23.0 Å². The number of hydrogen-bond acceptors (Lipinski definition) is 6. The molecule has 0 amide bonds. The fraction of sp³-hybridized carbons (Fsp3) is 0.0769. The Kier molecular flexibility index (Phi) is 6.03. The molecular weight excluding hydrogens is 408 g/mol. The maximum atomic E-state index is 12.6.